The fraction of sp³-hybridized carbons (Fsp3) is 0.560. The monoisotopic (exact) mass is 437 g/mol. The van der Waals surface area contributed by atoms with Crippen LogP contribution in [0, 0.1) is 6.92 Å². The molecule has 0 spiro atoms. The molecule has 0 aliphatic carbocycles. The number of likely N-dealkylation sites (tertiary alicyclic amines) is 2. The van der Waals surface area contributed by atoms with Gasteiger partial charge in [0.1, 0.15) is 17.8 Å². The summed E-state index contributed by atoms with van der Waals surface area (Å²) in [4.78, 5) is 26.3. The summed E-state index contributed by atoms with van der Waals surface area (Å²) < 4.78 is 0. The minimum absolute atomic E-state index is 0.00440. The first-order valence-electron chi connectivity index (χ1n) is 11.9. The highest BCUT2D eigenvalue weighted by atomic mass is 16.3. The molecule has 0 saturated carbocycles. The first kappa shape index (κ1) is 22.7. The lowest BCUT2D eigenvalue weighted by atomic mass is 9.98. The maximum atomic E-state index is 13.2. The largest absolute Gasteiger partial charge is 0.393 e. The zero-order valence-electron chi connectivity index (χ0n) is 19.0. The summed E-state index contributed by atoms with van der Waals surface area (Å²) in [6.45, 7) is 6.17. The molecule has 0 unspecified atom stereocenters. The van der Waals surface area contributed by atoms with E-state index in [9.17, 15) is 9.90 Å². The predicted octanol–water partition coefficient (Wildman–Crippen LogP) is 2.89. The summed E-state index contributed by atoms with van der Waals surface area (Å²) in [7, 11) is 0. The summed E-state index contributed by atoms with van der Waals surface area (Å²) in [5.74, 6) is 0.753. The molecule has 2 fully saturated rings. The molecule has 2 aliphatic heterocycles. The Kier molecular flexibility index (Phi) is 7.71. The van der Waals surface area contributed by atoms with Crippen LogP contribution in [0.5, 0.6) is 0 Å². The highest BCUT2D eigenvalue weighted by molar-refractivity contribution is 5.94. The molecule has 0 bridgehead atoms. The maximum absolute atomic E-state index is 13.2. The van der Waals surface area contributed by atoms with Crippen LogP contribution in [0.25, 0.3) is 0 Å². The van der Waals surface area contributed by atoms with Gasteiger partial charge in [0.05, 0.1) is 6.10 Å². The third kappa shape index (κ3) is 5.64. The Hall–Kier alpha value is -2.51. The highest BCUT2D eigenvalue weighted by Gasteiger charge is 2.30. The lowest BCUT2D eigenvalue weighted by Crippen LogP contribution is -2.49. The van der Waals surface area contributed by atoms with E-state index in [-0.39, 0.29) is 12.0 Å². The Morgan fingerprint density at radius 1 is 1.06 bits per heavy atom. The summed E-state index contributed by atoms with van der Waals surface area (Å²) in [6.07, 6.45) is 7.04. The van der Waals surface area contributed by atoms with Gasteiger partial charge in [-0.1, -0.05) is 30.3 Å². The molecule has 32 heavy (non-hydrogen) atoms. The van der Waals surface area contributed by atoms with Crippen LogP contribution in [-0.2, 0) is 6.42 Å². The van der Waals surface area contributed by atoms with Gasteiger partial charge in [0.25, 0.3) is 5.91 Å². The lowest BCUT2D eigenvalue weighted by Gasteiger charge is -2.41. The first-order chi connectivity index (χ1) is 15.6. The van der Waals surface area contributed by atoms with Gasteiger partial charge in [-0.15, -0.1) is 0 Å². The Balaban J connectivity index is 1.28. The Morgan fingerprint density at radius 3 is 2.50 bits per heavy atom. The minimum Gasteiger partial charge on any atom is -0.393 e. The number of hydrogen-bond donors (Lipinski definition) is 2. The third-order valence-corrected chi connectivity index (χ3v) is 6.83. The fourth-order valence-electron chi connectivity index (χ4n) is 4.82. The van der Waals surface area contributed by atoms with E-state index in [0.717, 1.165) is 82.6 Å². The van der Waals surface area contributed by atoms with Crippen LogP contribution in [0.15, 0.2) is 36.7 Å². The number of hydrogen-bond acceptors (Lipinski definition) is 6. The lowest BCUT2D eigenvalue weighted by molar-refractivity contribution is 0.0355. The van der Waals surface area contributed by atoms with Gasteiger partial charge in [-0.05, 0) is 51.0 Å². The van der Waals surface area contributed by atoms with Crippen molar-refractivity contribution in [1.82, 2.24) is 19.8 Å². The second-order valence-electron chi connectivity index (χ2n) is 9.00. The van der Waals surface area contributed by atoms with Crippen molar-refractivity contribution in [2.45, 2.75) is 57.6 Å². The minimum atomic E-state index is -0.144. The van der Waals surface area contributed by atoms with Gasteiger partial charge in [-0.2, -0.15) is 0 Å². The van der Waals surface area contributed by atoms with Crippen LogP contribution < -0.4 is 5.32 Å². The molecule has 7 nitrogen and oxygen atoms in total. The molecule has 2 aromatic rings. The normalized spacial score (nSPS) is 18.6. The van der Waals surface area contributed by atoms with E-state index in [1.54, 1.807) is 0 Å². The van der Waals surface area contributed by atoms with Crippen LogP contribution >= 0.6 is 0 Å². The van der Waals surface area contributed by atoms with E-state index in [4.69, 9.17) is 0 Å². The summed E-state index contributed by atoms with van der Waals surface area (Å²) >= 11 is 0. The molecule has 1 amide bonds. The number of anilines is 1. The number of nitrogens with one attached hydrogen (secondary N) is 1. The van der Waals surface area contributed by atoms with Gasteiger partial charge < -0.3 is 20.2 Å². The number of amides is 1. The van der Waals surface area contributed by atoms with Gasteiger partial charge in [-0.3, -0.25) is 4.79 Å². The van der Waals surface area contributed by atoms with Gasteiger partial charge in [0, 0.05) is 44.3 Å². The number of piperidine rings is 2. The van der Waals surface area contributed by atoms with E-state index >= 15 is 0 Å². The molecular formula is C25H35N5O2. The molecule has 1 aromatic heterocycles. The number of rotatable bonds is 7. The zero-order valence-corrected chi connectivity index (χ0v) is 19.0. The zero-order chi connectivity index (χ0) is 22.3. The average molecular weight is 438 g/mol. The van der Waals surface area contributed by atoms with Crippen molar-refractivity contribution < 1.29 is 9.90 Å². The summed E-state index contributed by atoms with van der Waals surface area (Å²) in [5, 5.41) is 13.1. The number of nitrogens with zero attached hydrogens (tertiary/aromatic N) is 4. The molecule has 2 N–H and O–H groups in total. The number of carbonyl (C=O) groups excluding carboxylic acids is 1. The SMILES string of the molecule is Cc1c(NCCCc2ccccc2)ncnc1C(=O)N1CCC(N2CCC(O)CC2)CC1. The molecule has 2 aliphatic rings. The maximum Gasteiger partial charge on any atom is 0.272 e. The van der Waals surface area contributed by atoms with Crippen LogP contribution in [0.2, 0.25) is 0 Å². The second kappa shape index (κ2) is 10.9. The molecule has 0 radical (unpaired) electrons. The van der Waals surface area contributed by atoms with Gasteiger partial charge in [0.2, 0.25) is 0 Å². The number of aromatic nitrogens is 2. The molecule has 4 rings (SSSR count). The van der Waals surface area contributed by atoms with Crippen LogP contribution in [-0.4, -0.2) is 75.7 Å². The summed E-state index contributed by atoms with van der Waals surface area (Å²) in [5.41, 5.74) is 2.66. The first-order valence-corrected chi connectivity index (χ1v) is 11.9. The van der Waals surface area contributed by atoms with Crippen molar-refractivity contribution in [3.05, 3.63) is 53.5 Å². The van der Waals surface area contributed by atoms with Crippen LogP contribution in [0.4, 0.5) is 5.82 Å². The number of aliphatic hydroxyl groups excluding tert-OH is 1. The second-order valence-corrected chi connectivity index (χ2v) is 9.00. The van der Waals surface area contributed by atoms with Gasteiger partial charge in [-0.25, -0.2) is 9.97 Å². The Morgan fingerprint density at radius 2 is 1.78 bits per heavy atom. The topological polar surface area (TPSA) is 81.6 Å². The molecule has 2 saturated heterocycles. The van der Waals surface area contributed by atoms with E-state index in [1.165, 1.54) is 11.9 Å². The number of benzene rings is 1. The Labute approximate surface area is 190 Å². The molecule has 3 heterocycles. The molecule has 7 heteroatoms. The van der Waals surface area contributed by atoms with E-state index in [2.05, 4.69) is 44.5 Å². The molecule has 172 valence electrons. The van der Waals surface area contributed by atoms with Crippen molar-refractivity contribution >= 4 is 11.7 Å². The van der Waals surface area contributed by atoms with Crippen molar-refractivity contribution in [3.8, 4) is 0 Å². The average Bonchev–Trinajstić information content (AvgIpc) is 2.84. The smallest absolute Gasteiger partial charge is 0.272 e. The quantitative estimate of drug-likeness (QED) is 0.649. The van der Waals surface area contributed by atoms with Crippen LogP contribution in [0.1, 0.15) is 53.7 Å². The molecular weight excluding hydrogens is 402 g/mol. The van der Waals surface area contributed by atoms with Crippen molar-refractivity contribution in [1.29, 1.82) is 0 Å². The predicted molar refractivity (Wildman–Crippen MR) is 126 cm³/mol. The fourth-order valence-corrected chi connectivity index (χ4v) is 4.82. The van der Waals surface area contributed by atoms with E-state index in [1.807, 2.05) is 17.9 Å². The number of aliphatic hydroxyl groups is 1. The number of aryl methyl sites for hydroxylation is 1. The molecule has 0 atom stereocenters. The highest BCUT2D eigenvalue weighted by Crippen LogP contribution is 2.23. The standard InChI is InChI=1S/C25H35N5O2/c1-19-23(27-18-28-24(19)26-13-5-8-20-6-3-2-4-7-20)25(32)30-14-9-21(10-15-30)29-16-11-22(31)12-17-29/h2-4,6-7,18,21-22,31H,5,8-17H2,1H3,(H,26,27,28). The number of carbonyl (C=O) groups is 1. The summed E-state index contributed by atoms with van der Waals surface area (Å²) in [6, 6.07) is 11.0. The van der Waals surface area contributed by atoms with Crippen LogP contribution in [0.3, 0.4) is 0 Å². The van der Waals surface area contributed by atoms with Gasteiger partial charge in [0.15, 0.2) is 0 Å². The molecule has 1 aromatic carbocycles. The third-order valence-electron chi connectivity index (χ3n) is 6.83. The van der Waals surface area contributed by atoms with Gasteiger partial charge >= 0.3 is 0 Å². The Bertz CT molecular complexity index is 875. The van der Waals surface area contributed by atoms with Crippen molar-refractivity contribution in [3.63, 3.8) is 0 Å². The van der Waals surface area contributed by atoms with Crippen molar-refractivity contribution in [2.24, 2.45) is 0 Å². The van der Waals surface area contributed by atoms with E-state index < -0.39 is 0 Å². The van der Waals surface area contributed by atoms with E-state index in [0.29, 0.717) is 11.7 Å². The van der Waals surface area contributed by atoms with Crippen molar-refractivity contribution in [2.75, 3.05) is 38.0 Å².